The molecule has 39 heavy (non-hydrogen) atoms. The molecule has 2 amide bonds. The number of terminal acetylenes is 1. The Morgan fingerprint density at radius 2 is 1.82 bits per heavy atom. The van der Waals surface area contributed by atoms with Gasteiger partial charge in [-0.1, -0.05) is 52.2 Å². The Morgan fingerprint density at radius 1 is 1.21 bits per heavy atom. The van der Waals surface area contributed by atoms with E-state index in [2.05, 4.69) is 39.0 Å². The lowest BCUT2D eigenvalue weighted by Gasteiger charge is -2.40. The highest BCUT2D eigenvalue weighted by Gasteiger charge is 2.52. The van der Waals surface area contributed by atoms with Crippen molar-refractivity contribution >= 4 is 24.4 Å². The molecule has 7 nitrogen and oxygen atoms in total. The Balaban J connectivity index is 2.42. The van der Waals surface area contributed by atoms with E-state index in [1.54, 1.807) is 18.2 Å². The number of ether oxygens (including phenoxy) is 1. The molecule has 2 rings (SSSR count). The number of allylic oxidation sites excluding steroid dienone is 2. The third kappa shape index (κ3) is 7.77. The van der Waals surface area contributed by atoms with E-state index in [9.17, 15) is 9.59 Å². The molecule has 1 aromatic carbocycles. The summed E-state index contributed by atoms with van der Waals surface area (Å²) in [6, 6.07) is 5.24. The van der Waals surface area contributed by atoms with E-state index in [1.807, 2.05) is 46.8 Å². The van der Waals surface area contributed by atoms with Crippen molar-refractivity contribution < 1.29 is 23.6 Å². The van der Waals surface area contributed by atoms with Crippen molar-refractivity contribution in [2.24, 2.45) is 5.41 Å². The molecule has 1 atom stereocenters. The summed E-state index contributed by atoms with van der Waals surface area (Å²) in [5.41, 5.74) is 3.63. The third-order valence-corrected chi connectivity index (χ3v) is 7.55. The quantitative estimate of drug-likeness (QED) is 0.156. The molecule has 1 aliphatic heterocycles. The van der Waals surface area contributed by atoms with Crippen LogP contribution in [0.25, 0.3) is 0 Å². The van der Waals surface area contributed by atoms with Crippen LogP contribution in [0.3, 0.4) is 0 Å². The predicted octanol–water partition coefficient (Wildman–Crippen LogP) is 5.09. The molecule has 0 bridgehead atoms. The molecule has 0 spiro atoms. The molecule has 1 saturated heterocycles. The topological polar surface area (TPSA) is 77.1 Å². The van der Waals surface area contributed by atoms with Gasteiger partial charge in [-0.05, 0) is 81.8 Å². The Morgan fingerprint density at radius 3 is 2.33 bits per heavy atom. The second-order valence-electron chi connectivity index (χ2n) is 12.0. The van der Waals surface area contributed by atoms with Gasteiger partial charge in [-0.2, -0.15) is 0 Å². The van der Waals surface area contributed by atoms with Crippen LogP contribution in [0.15, 0.2) is 42.2 Å². The highest BCUT2D eigenvalue weighted by Crippen LogP contribution is 2.37. The minimum absolute atomic E-state index is 0.0294. The maximum atomic E-state index is 13.7. The number of methoxy groups -OCH3 is 1. The lowest BCUT2D eigenvalue weighted by molar-refractivity contribution is -0.138. The van der Waals surface area contributed by atoms with E-state index < -0.39 is 18.3 Å². The van der Waals surface area contributed by atoms with Crippen LogP contribution in [0.5, 0.6) is 0 Å². The van der Waals surface area contributed by atoms with E-state index in [1.165, 1.54) is 18.2 Å². The number of hydrogen-bond acceptors (Lipinski definition) is 5. The monoisotopic (exact) mass is 536 g/mol. The van der Waals surface area contributed by atoms with Crippen molar-refractivity contribution in [3.8, 4) is 12.3 Å². The zero-order valence-electron chi connectivity index (χ0n) is 25.3. The zero-order valence-corrected chi connectivity index (χ0v) is 25.3. The van der Waals surface area contributed by atoms with Gasteiger partial charge in [-0.15, -0.1) is 6.42 Å². The normalized spacial score (nSPS) is 17.6. The van der Waals surface area contributed by atoms with Gasteiger partial charge in [0.25, 0.3) is 5.91 Å². The van der Waals surface area contributed by atoms with Crippen molar-refractivity contribution in [2.45, 2.75) is 98.8 Å². The SMILES string of the molecule is C#C/C=C\C(=C/CC(=O)N(NC(=O)c1cccc(B2OC(C)(C)C(C)(C)O2)c1C)C(CCC)C(C)(C)C)OC. The van der Waals surface area contributed by atoms with Crippen molar-refractivity contribution in [3.63, 3.8) is 0 Å². The molecule has 8 heteroatoms. The van der Waals surface area contributed by atoms with Gasteiger partial charge < -0.3 is 14.0 Å². The van der Waals surface area contributed by atoms with Crippen LogP contribution in [0.4, 0.5) is 0 Å². The minimum Gasteiger partial charge on any atom is -0.497 e. The summed E-state index contributed by atoms with van der Waals surface area (Å²) in [5, 5.41) is 1.49. The Hall–Kier alpha value is -3.02. The number of carbonyl (C=O) groups is 2. The number of hydrazine groups is 1. The average Bonchev–Trinajstić information content (AvgIpc) is 3.06. The molecule has 0 aromatic heterocycles. The Kier molecular flexibility index (Phi) is 10.6. The maximum Gasteiger partial charge on any atom is 0.495 e. The number of benzene rings is 1. The van der Waals surface area contributed by atoms with Crippen LogP contribution < -0.4 is 10.9 Å². The van der Waals surface area contributed by atoms with E-state index >= 15 is 0 Å². The van der Waals surface area contributed by atoms with Crippen molar-refractivity contribution in [2.75, 3.05) is 7.11 Å². The van der Waals surface area contributed by atoms with Gasteiger partial charge in [-0.25, -0.2) is 5.01 Å². The number of hydrogen-bond donors (Lipinski definition) is 1. The summed E-state index contributed by atoms with van der Waals surface area (Å²) >= 11 is 0. The first-order valence-electron chi connectivity index (χ1n) is 13.5. The van der Waals surface area contributed by atoms with Crippen molar-refractivity contribution in [1.82, 2.24) is 10.4 Å². The highest BCUT2D eigenvalue weighted by molar-refractivity contribution is 6.62. The molecule has 1 unspecified atom stereocenters. The van der Waals surface area contributed by atoms with Gasteiger partial charge in [0, 0.05) is 5.56 Å². The molecule has 1 N–H and O–H groups in total. The van der Waals surface area contributed by atoms with Gasteiger partial charge in [0.1, 0.15) is 5.76 Å². The summed E-state index contributed by atoms with van der Waals surface area (Å²) < 4.78 is 17.8. The molecule has 1 aliphatic rings. The van der Waals surface area contributed by atoms with Gasteiger partial charge >= 0.3 is 7.12 Å². The number of nitrogens with zero attached hydrogens (tertiary/aromatic N) is 1. The lowest BCUT2D eigenvalue weighted by atomic mass is 9.75. The van der Waals surface area contributed by atoms with E-state index in [4.69, 9.17) is 20.5 Å². The van der Waals surface area contributed by atoms with Crippen LogP contribution >= 0.6 is 0 Å². The minimum atomic E-state index is -0.600. The molecular formula is C31H45BN2O5. The Labute approximate surface area is 235 Å². The number of nitrogens with one attached hydrogen (secondary N) is 1. The van der Waals surface area contributed by atoms with Crippen molar-refractivity contribution in [3.05, 3.63) is 53.3 Å². The fraction of sp³-hybridized carbons (Fsp3) is 0.548. The molecule has 1 heterocycles. The van der Waals surface area contributed by atoms with E-state index in [-0.39, 0.29) is 29.7 Å². The first-order valence-corrected chi connectivity index (χ1v) is 13.5. The largest absolute Gasteiger partial charge is 0.497 e. The van der Waals surface area contributed by atoms with Crippen LogP contribution in [0, 0.1) is 24.7 Å². The number of rotatable bonds is 9. The molecule has 1 aromatic rings. The molecular weight excluding hydrogens is 491 g/mol. The Bertz CT molecular complexity index is 1120. The summed E-state index contributed by atoms with van der Waals surface area (Å²) in [6.45, 7) is 18.1. The maximum absolute atomic E-state index is 13.7. The lowest BCUT2D eigenvalue weighted by Crippen LogP contribution is -2.56. The smallest absolute Gasteiger partial charge is 0.495 e. The fourth-order valence-electron chi connectivity index (χ4n) is 4.47. The number of amides is 2. The first kappa shape index (κ1) is 32.2. The molecule has 1 fully saturated rings. The molecule has 0 saturated carbocycles. The molecule has 0 aliphatic carbocycles. The van der Waals surface area contributed by atoms with Gasteiger partial charge in [0.2, 0.25) is 5.91 Å². The summed E-state index contributed by atoms with van der Waals surface area (Å²) in [7, 11) is 0.915. The average molecular weight is 537 g/mol. The van der Waals surface area contributed by atoms with Crippen LogP contribution in [0.1, 0.15) is 90.6 Å². The third-order valence-electron chi connectivity index (χ3n) is 7.55. The second kappa shape index (κ2) is 12.9. The predicted molar refractivity (Wildman–Crippen MR) is 157 cm³/mol. The van der Waals surface area contributed by atoms with Crippen LogP contribution in [0.2, 0.25) is 0 Å². The summed E-state index contributed by atoms with van der Waals surface area (Å²) in [6.07, 6.45) is 11.7. The zero-order chi connectivity index (χ0) is 29.6. The van der Waals surface area contributed by atoms with Crippen molar-refractivity contribution in [1.29, 1.82) is 0 Å². The van der Waals surface area contributed by atoms with E-state index in [0.29, 0.717) is 11.3 Å². The first-order chi connectivity index (χ1) is 18.1. The molecule has 212 valence electrons. The molecule has 0 radical (unpaired) electrons. The number of carbonyl (C=O) groups excluding carboxylic acids is 2. The van der Waals surface area contributed by atoms with Gasteiger partial charge in [0.05, 0.1) is 30.8 Å². The second-order valence-corrected chi connectivity index (χ2v) is 12.0. The van der Waals surface area contributed by atoms with Gasteiger partial charge in [-0.3, -0.25) is 15.0 Å². The van der Waals surface area contributed by atoms with E-state index in [0.717, 1.165) is 23.9 Å². The highest BCUT2D eigenvalue weighted by atomic mass is 16.7. The van der Waals surface area contributed by atoms with Crippen LogP contribution in [-0.4, -0.2) is 48.3 Å². The summed E-state index contributed by atoms with van der Waals surface area (Å²) in [5.74, 6) is 2.27. The standard InChI is InChI=1S/C31H45BN2O5/c1-12-14-17-23(37-11)20-21-27(35)34(26(16-13-2)29(4,5)6)33-28(36)24-18-15-19-25(22(24)3)32-38-30(7,8)31(9,10)39-32/h1,14-15,17-20,26H,13,16,21H2,2-11H3,(H,33,36)/b17-14-,23-20+. The van der Waals surface area contributed by atoms with Gasteiger partial charge in [0.15, 0.2) is 0 Å². The van der Waals surface area contributed by atoms with Crippen LogP contribution in [-0.2, 0) is 18.8 Å². The fourth-order valence-corrected chi connectivity index (χ4v) is 4.47. The summed E-state index contributed by atoms with van der Waals surface area (Å²) in [4.78, 5) is 27.3.